The summed E-state index contributed by atoms with van der Waals surface area (Å²) >= 11 is 6.67. The van der Waals surface area contributed by atoms with E-state index in [-0.39, 0.29) is 31.6 Å². The Hall–Kier alpha value is -4.74. The van der Waals surface area contributed by atoms with Gasteiger partial charge in [-0.05, 0) is 55.7 Å². The van der Waals surface area contributed by atoms with Crippen LogP contribution >= 0.6 is 24.0 Å². The quantitative estimate of drug-likeness (QED) is 0.208. The van der Waals surface area contributed by atoms with Gasteiger partial charge in [-0.3, -0.25) is 28.4 Å². The van der Waals surface area contributed by atoms with Gasteiger partial charge < -0.3 is 5.32 Å². The van der Waals surface area contributed by atoms with E-state index in [4.69, 9.17) is 17.2 Å². The number of hydrogen-bond acceptors (Lipinski definition) is 7. The van der Waals surface area contributed by atoms with Gasteiger partial charge in [0, 0.05) is 19.8 Å². The van der Waals surface area contributed by atoms with Crippen LogP contribution in [0.25, 0.3) is 17.4 Å². The lowest BCUT2D eigenvalue weighted by Gasteiger charge is -2.13. The molecule has 4 heterocycles. The Kier molecular flexibility index (Phi) is 7.59. The first-order chi connectivity index (χ1) is 20.7. The molecule has 1 N–H and O–H groups in total. The van der Waals surface area contributed by atoms with Crippen LogP contribution in [0.4, 0.5) is 11.5 Å². The smallest absolute Gasteiger partial charge is 0.296 e. The van der Waals surface area contributed by atoms with E-state index in [1.54, 1.807) is 30.9 Å². The number of thioether (sulfide) groups is 1. The van der Waals surface area contributed by atoms with Gasteiger partial charge in [0.25, 0.3) is 17.0 Å². The van der Waals surface area contributed by atoms with Crippen molar-refractivity contribution in [3.8, 4) is 5.69 Å². The molecule has 1 aliphatic rings. The van der Waals surface area contributed by atoms with Crippen LogP contribution in [0.15, 0.2) is 93.5 Å². The highest BCUT2D eigenvalue weighted by Crippen LogP contribution is 2.36. The summed E-state index contributed by atoms with van der Waals surface area (Å²) in [5.74, 6) is -0.0950. The second-order valence-electron chi connectivity index (χ2n) is 10.2. The molecule has 0 spiro atoms. The van der Waals surface area contributed by atoms with Crippen LogP contribution in [0.1, 0.15) is 22.4 Å². The molecule has 216 valence electrons. The Morgan fingerprint density at radius 2 is 1.63 bits per heavy atom. The molecule has 0 radical (unpaired) electrons. The van der Waals surface area contributed by atoms with Crippen LogP contribution in [0.3, 0.4) is 0 Å². The Bertz CT molecular complexity index is 2050. The van der Waals surface area contributed by atoms with E-state index < -0.39 is 5.91 Å². The molecule has 5 aromatic rings. The van der Waals surface area contributed by atoms with Crippen LogP contribution < -0.4 is 21.3 Å². The number of amides is 1. The Morgan fingerprint density at radius 3 is 2.35 bits per heavy atom. The first kappa shape index (κ1) is 28.4. The lowest BCUT2D eigenvalue weighted by Crippen LogP contribution is -2.33. The normalized spacial score (nSPS) is 14.3. The van der Waals surface area contributed by atoms with Gasteiger partial charge in [0.1, 0.15) is 17.2 Å². The highest BCUT2D eigenvalue weighted by Gasteiger charge is 2.38. The molecule has 11 heteroatoms. The van der Waals surface area contributed by atoms with Gasteiger partial charge in [0.15, 0.2) is 4.32 Å². The lowest BCUT2D eigenvalue weighted by molar-refractivity contribution is -0.113. The number of carbonyl (C=O) groups excluding carboxylic acids is 1. The molecule has 43 heavy (non-hydrogen) atoms. The van der Waals surface area contributed by atoms with Crippen LogP contribution in [0.2, 0.25) is 0 Å². The summed E-state index contributed by atoms with van der Waals surface area (Å²) in [4.78, 5) is 47.5. The van der Waals surface area contributed by atoms with E-state index in [0.29, 0.717) is 29.4 Å². The maximum atomic E-state index is 13.9. The van der Waals surface area contributed by atoms with Gasteiger partial charge in [-0.2, -0.15) is 0 Å². The predicted octanol–water partition coefficient (Wildman–Crippen LogP) is 4.86. The number of fused-ring (bicyclic) bond motifs is 1. The molecule has 3 aromatic heterocycles. The third-order valence-corrected chi connectivity index (χ3v) is 8.67. The molecule has 0 unspecified atom stereocenters. The number of aromatic nitrogens is 4. The van der Waals surface area contributed by atoms with Crippen molar-refractivity contribution in [2.45, 2.75) is 20.3 Å². The fourth-order valence-corrected chi connectivity index (χ4v) is 6.35. The van der Waals surface area contributed by atoms with Crippen molar-refractivity contribution in [2.24, 2.45) is 7.05 Å². The zero-order valence-corrected chi connectivity index (χ0v) is 25.4. The van der Waals surface area contributed by atoms with Crippen molar-refractivity contribution in [1.82, 2.24) is 18.7 Å². The predicted molar refractivity (Wildman–Crippen MR) is 176 cm³/mol. The number of pyridine rings is 1. The van der Waals surface area contributed by atoms with Gasteiger partial charge in [0.2, 0.25) is 0 Å². The van der Waals surface area contributed by atoms with Crippen molar-refractivity contribution < 1.29 is 4.79 Å². The number of thiocarbonyl (C=S) groups is 1. The van der Waals surface area contributed by atoms with Gasteiger partial charge >= 0.3 is 0 Å². The molecule has 1 amide bonds. The first-order valence-electron chi connectivity index (χ1n) is 13.7. The number of aryl methyl sites for hydroxylation is 1. The minimum atomic E-state index is -0.468. The fraction of sp³-hybridized carbons (Fsp3) is 0.156. The van der Waals surface area contributed by atoms with Crippen molar-refractivity contribution in [2.75, 3.05) is 16.8 Å². The van der Waals surface area contributed by atoms with Crippen molar-refractivity contribution >= 4 is 57.4 Å². The summed E-state index contributed by atoms with van der Waals surface area (Å²) < 4.78 is 4.89. The van der Waals surface area contributed by atoms with Crippen LogP contribution in [0.5, 0.6) is 0 Å². The SMILES string of the molecule is Cc1ccc2nc(NCCc3ccccc3)c(C=C3SC(=S)N(c4c(C)n(C)n(-c5ccccc5)c4=O)C3=O)c(=O)n2c1. The van der Waals surface area contributed by atoms with Crippen LogP contribution in [0, 0.1) is 13.8 Å². The van der Waals surface area contributed by atoms with Crippen molar-refractivity contribution in [1.29, 1.82) is 0 Å². The summed E-state index contributed by atoms with van der Waals surface area (Å²) in [5, 5.41) is 3.31. The maximum absolute atomic E-state index is 13.9. The summed E-state index contributed by atoms with van der Waals surface area (Å²) in [6.45, 7) is 4.20. The molecule has 6 rings (SSSR count). The lowest BCUT2D eigenvalue weighted by atomic mass is 10.1. The molecule has 1 aliphatic heterocycles. The number of benzene rings is 2. The molecule has 0 saturated carbocycles. The maximum Gasteiger partial charge on any atom is 0.296 e. The fourth-order valence-electron chi connectivity index (χ4n) is 5.10. The number of nitrogens with zero attached hydrogens (tertiary/aromatic N) is 5. The molecule has 1 saturated heterocycles. The minimum Gasteiger partial charge on any atom is -0.369 e. The molecule has 1 fully saturated rings. The summed E-state index contributed by atoms with van der Waals surface area (Å²) in [6, 6.07) is 22.9. The highest BCUT2D eigenvalue weighted by molar-refractivity contribution is 8.27. The Balaban J connectivity index is 1.40. The first-order valence-corrected chi connectivity index (χ1v) is 14.9. The average molecular weight is 609 g/mol. The summed E-state index contributed by atoms with van der Waals surface area (Å²) in [7, 11) is 1.76. The topological polar surface area (TPSA) is 93.6 Å². The van der Waals surface area contributed by atoms with E-state index in [9.17, 15) is 14.4 Å². The third-order valence-electron chi connectivity index (χ3n) is 7.37. The monoisotopic (exact) mass is 608 g/mol. The Labute approximate surface area is 257 Å². The third kappa shape index (κ3) is 5.21. The number of rotatable bonds is 7. The zero-order valence-electron chi connectivity index (χ0n) is 23.8. The molecule has 0 atom stereocenters. The van der Waals surface area contributed by atoms with E-state index in [1.807, 2.05) is 73.7 Å². The number of carbonyl (C=O) groups is 1. The standard InChI is InChI=1S/C32H28N6O3S2/c1-20-14-15-26-34-28(33-17-16-22-10-6-4-7-11-22)24(29(39)36(26)19-20)18-25-30(40)37(32(42)43-25)27-21(2)35(3)38(31(27)41)23-12-8-5-9-13-23/h4-15,18-19,33H,16-17H2,1-3H3. The van der Waals surface area contributed by atoms with E-state index in [1.165, 1.54) is 20.1 Å². The second-order valence-corrected chi connectivity index (χ2v) is 11.9. The summed E-state index contributed by atoms with van der Waals surface area (Å²) in [5.41, 5.74) is 3.52. The molecular weight excluding hydrogens is 581 g/mol. The van der Waals surface area contributed by atoms with E-state index in [2.05, 4.69) is 5.32 Å². The molecule has 0 bridgehead atoms. The molecule has 0 aliphatic carbocycles. The number of para-hydroxylation sites is 1. The number of hydrogen-bond donors (Lipinski definition) is 1. The van der Waals surface area contributed by atoms with Crippen LogP contribution in [-0.2, 0) is 18.3 Å². The van der Waals surface area contributed by atoms with Gasteiger partial charge in [-0.1, -0.05) is 78.6 Å². The zero-order chi connectivity index (χ0) is 30.2. The van der Waals surface area contributed by atoms with Crippen molar-refractivity contribution in [3.63, 3.8) is 0 Å². The van der Waals surface area contributed by atoms with Gasteiger partial charge in [-0.15, -0.1) is 0 Å². The average Bonchev–Trinajstić information content (AvgIpc) is 3.40. The van der Waals surface area contributed by atoms with Crippen LogP contribution in [-0.4, -0.2) is 35.5 Å². The Morgan fingerprint density at radius 1 is 0.930 bits per heavy atom. The minimum absolute atomic E-state index is 0.183. The molecule has 9 nitrogen and oxygen atoms in total. The largest absolute Gasteiger partial charge is 0.369 e. The molecule has 2 aromatic carbocycles. The van der Waals surface area contributed by atoms with E-state index >= 15 is 0 Å². The van der Waals surface area contributed by atoms with Gasteiger partial charge in [0.05, 0.1) is 21.8 Å². The number of nitrogens with one attached hydrogen (secondary N) is 1. The second kappa shape index (κ2) is 11.5. The molecular formula is C32H28N6O3S2. The van der Waals surface area contributed by atoms with Gasteiger partial charge in [-0.25, -0.2) is 9.67 Å². The highest BCUT2D eigenvalue weighted by atomic mass is 32.2. The van der Waals surface area contributed by atoms with Crippen molar-refractivity contribution in [3.05, 3.63) is 127 Å². The van der Waals surface area contributed by atoms with E-state index in [0.717, 1.165) is 29.3 Å². The summed E-state index contributed by atoms with van der Waals surface area (Å²) in [6.07, 6.45) is 3.97. The number of anilines is 2.